The van der Waals surface area contributed by atoms with E-state index in [4.69, 9.17) is 4.74 Å². The van der Waals surface area contributed by atoms with E-state index in [2.05, 4.69) is 38.5 Å². The third-order valence-electron chi connectivity index (χ3n) is 5.16. The first-order valence-corrected chi connectivity index (χ1v) is 12.2. The molecule has 0 aliphatic carbocycles. The number of ether oxygens (including phenoxy) is 1. The molecule has 1 aromatic heterocycles. The van der Waals surface area contributed by atoms with Crippen LogP contribution in [0.25, 0.3) is 0 Å². The van der Waals surface area contributed by atoms with Gasteiger partial charge in [-0.1, -0.05) is 18.2 Å². The van der Waals surface area contributed by atoms with Crippen molar-refractivity contribution in [2.75, 3.05) is 37.9 Å². The van der Waals surface area contributed by atoms with Crippen molar-refractivity contribution >= 4 is 45.6 Å². The Labute approximate surface area is 207 Å². The number of guanidine groups is 1. The van der Waals surface area contributed by atoms with E-state index < -0.39 is 9.84 Å². The Bertz CT molecular complexity index is 1030. The van der Waals surface area contributed by atoms with Gasteiger partial charge < -0.3 is 20.3 Å². The lowest BCUT2D eigenvalue weighted by Crippen LogP contribution is -2.41. The average Bonchev–Trinajstić information content (AvgIpc) is 2.73. The molecule has 1 fully saturated rings. The standard InChI is InChI=1S/C22H31N5O3S.HI/c1-16-11-18(5-7-20(16)31(4,28)29)12-25-22(23-3)26-14-19-6-8-21(24-13-19)27-9-10-30-17(2)15-27;/h5-8,11,13,17H,9-10,12,14-15H2,1-4H3,(H2,23,25,26);1H. The van der Waals surface area contributed by atoms with Crippen LogP contribution in [0.3, 0.4) is 0 Å². The molecule has 176 valence electrons. The van der Waals surface area contributed by atoms with E-state index in [0.29, 0.717) is 23.9 Å². The predicted molar refractivity (Wildman–Crippen MR) is 139 cm³/mol. The van der Waals surface area contributed by atoms with Crippen molar-refractivity contribution in [3.63, 3.8) is 0 Å². The number of benzene rings is 1. The molecule has 1 aromatic carbocycles. The van der Waals surface area contributed by atoms with Crippen LogP contribution in [0.4, 0.5) is 5.82 Å². The summed E-state index contributed by atoms with van der Waals surface area (Å²) in [6.45, 7) is 7.45. The van der Waals surface area contributed by atoms with E-state index in [9.17, 15) is 8.42 Å². The number of hydrogen-bond donors (Lipinski definition) is 2. The largest absolute Gasteiger partial charge is 0.375 e. The van der Waals surface area contributed by atoms with Gasteiger partial charge in [-0.05, 0) is 42.7 Å². The van der Waals surface area contributed by atoms with Gasteiger partial charge in [-0.15, -0.1) is 24.0 Å². The molecule has 1 saturated heterocycles. The highest BCUT2D eigenvalue weighted by Gasteiger charge is 2.17. The molecular formula is C22H32IN5O3S. The van der Waals surface area contributed by atoms with Gasteiger partial charge in [0.05, 0.1) is 17.6 Å². The number of nitrogens with zero attached hydrogens (tertiary/aromatic N) is 3. The second-order valence-corrected chi connectivity index (χ2v) is 9.79. The second-order valence-electron chi connectivity index (χ2n) is 7.80. The Balaban J connectivity index is 0.00000363. The first-order chi connectivity index (χ1) is 14.8. The molecule has 0 radical (unpaired) electrons. The molecular weight excluding hydrogens is 541 g/mol. The first-order valence-electron chi connectivity index (χ1n) is 10.3. The molecule has 1 aliphatic heterocycles. The zero-order valence-electron chi connectivity index (χ0n) is 19.0. The van der Waals surface area contributed by atoms with Gasteiger partial charge in [-0.2, -0.15) is 0 Å². The highest BCUT2D eigenvalue weighted by molar-refractivity contribution is 14.0. The van der Waals surface area contributed by atoms with Crippen LogP contribution in [0.1, 0.15) is 23.6 Å². The SMILES string of the molecule is CN=C(NCc1ccc(N2CCOC(C)C2)nc1)NCc1ccc(S(C)(=O)=O)c(C)c1.I. The lowest BCUT2D eigenvalue weighted by Gasteiger charge is -2.32. The van der Waals surface area contributed by atoms with Crippen molar-refractivity contribution < 1.29 is 13.2 Å². The van der Waals surface area contributed by atoms with Crippen LogP contribution in [-0.4, -0.2) is 58.5 Å². The molecule has 0 spiro atoms. The van der Waals surface area contributed by atoms with Gasteiger partial charge in [0.2, 0.25) is 0 Å². The number of rotatable bonds is 6. The Morgan fingerprint density at radius 1 is 1.22 bits per heavy atom. The minimum Gasteiger partial charge on any atom is -0.375 e. The molecule has 8 nitrogen and oxygen atoms in total. The summed E-state index contributed by atoms with van der Waals surface area (Å²) in [7, 11) is -1.49. The molecule has 1 unspecified atom stereocenters. The van der Waals surface area contributed by atoms with Crippen molar-refractivity contribution in [1.82, 2.24) is 15.6 Å². The Morgan fingerprint density at radius 3 is 2.47 bits per heavy atom. The van der Waals surface area contributed by atoms with Crippen LogP contribution >= 0.6 is 24.0 Å². The Morgan fingerprint density at radius 2 is 1.91 bits per heavy atom. The summed E-state index contributed by atoms with van der Waals surface area (Å²) >= 11 is 0. The number of aliphatic imine (C=N–C) groups is 1. The lowest BCUT2D eigenvalue weighted by atomic mass is 10.1. The highest BCUT2D eigenvalue weighted by Crippen LogP contribution is 2.17. The maximum atomic E-state index is 11.8. The van der Waals surface area contributed by atoms with Gasteiger partial charge in [0.15, 0.2) is 15.8 Å². The number of pyridine rings is 1. The molecule has 32 heavy (non-hydrogen) atoms. The zero-order valence-corrected chi connectivity index (χ0v) is 22.1. The smallest absolute Gasteiger partial charge is 0.191 e. The van der Waals surface area contributed by atoms with Crippen molar-refractivity contribution in [1.29, 1.82) is 0 Å². The van der Waals surface area contributed by atoms with Crippen molar-refractivity contribution in [2.24, 2.45) is 4.99 Å². The van der Waals surface area contributed by atoms with E-state index in [1.54, 1.807) is 20.0 Å². The number of morpholine rings is 1. The highest BCUT2D eigenvalue weighted by atomic mass is 127. The van der Waals surface area contributed by atoms with Crippen LogP contribution in [0.2, 0.25) is 0 Å². The molecule has 2 aromatic rings. The van der Waals surface area contributed by atoms with E-state index >= 15 is 0 Å². The molecule has 1 atom stereocenters. The summed E-state index contributed by atoms with van der Waals surface area (Å²) in [4.78, 5) is 11.4. The minimum absolute atomic E-state index is 0. The maximum Gasteiger partial charge on any atom is 0.191 e. The monoisotopic (exact) mass is 573 g/mol. The van der Waals surface area contributed by atoms with Gasteiger partial charge in [0.1, 0.15) is 5.82 Å². The maximum absolute atomic E-state index is 11.8. The van der Waals surface area contributed by atoms with Crippen molar-refractivity contribution in [3.05, 3.63) is 53.2 Å². The number of aromatic nitrogens is 1. The first kappa shape index (κ1) is 26.3. The number of aryl methyl sites for hydroxylation is 1. The molecule has 1 aliphatic rings. The van der Waals surface area contributed by atoms with E-state index in [1.807, 2.05) is 24.4 Å². The predicted octanol–water partition coefficient (Wildman–Crippen LogP) is 2.50. The third kappa shape index (κ3) is 7.31. The molecule has 2 N–H and O–H groups in total. The van der Waals surface area contributed by atoms with Crippen LogP contribution in [0.15, 0.2) is 46.4 Å². The summed E-state index contributed by atoms with van der Waals surface area (Å²) in [5.41, 5.74) is 2.78. The molecule has 0 saturated carbocycles. The normalized spacial score (nSPS) is 16.9. The van der Waals surface area contributed by atoms with Gasteiger partial charge >= 0.3 is 0 Å². The van der Waals surface area contributed by atoms with E-state index in [-0.39, 0.29) is 30.1 Å². The fraction of sp³-hybridized carbons (Fsp3) is 0.455. The van der Waals surface area contributed by atoms with Gasteiger partial charge in [-0.3, -0.25) is 4.99 Å². The number of hydrogen-bond acceptors (Lipinski definition) is 6. The van der Waals surface area contributed by atoms with Gasteiger partial charge in [0, 0.05) is 45.7 Å². The van der Waals surface area contributed by atoms with Crippen molar-refractivity contribution in [3.8, 4) is 0 Å². The van der Waals surface area contributed by atoms with Gasteiger partial charge in [-0.25, -0.2) is 13.4 Å². The molecule has 3 rings (SSSR count). The fourth-order valence-electron chi connectivity index (χ4n) is 3.56. The van der Waals surface area contributed by atoms with Gasteiger partial charge in [0.25, 0.3) is 0 Å². The lowest BCUT2D eigenvalue weighted by molar-refractivity contribution is 0.0529. The topological polar surface area (TPSA) is 95.9 Å². The summed E-state index contributed by atoms with van der Waals surface area (Å²) in [5.74, 6) is 1.63. The second kappa shape index (κ2) is 11.8. The number of halogens is 1. The molecule has 10 heteroatoms. The quantitative estimate of drug-likeness (QED) is 0.312. The fourth-order valence-corrected chi connectivity index (χ4v) is 4.52. The molecule has 2 heterocycles. The van der Waals surface area contributed by atoms with E-state index in [1.165, 1.54) is 6.26 Å². The Kier molecular flexibility index (Phi) is 9.71. The summed E-state index contributed by atoms with van der Waals surface area (Å²) in [6.07, 6.45) is 3.32. The average molecular weight is 574 g/mol. The summed E-state index contributed by atoms with van der Waals surface area (Å²) in [6, 6.07) is 9.46. The van der Waals surface area contributed by atoms with Crippen molar-refractivity contribution in [2.45, 2.75) is 37.9 Å². The third-order valence-corrected chi connectivity index (χ3v) is 6.41. The van der Waals surface area contributed by atoms with Crippen LogP contribution < -0.4 is 15.5 Å². The zero-order chi connectivity index (χ0) is 22.4. The number of nitrogens with one attached hydrogen (secondary N) is 2. The Hall–Kier alpha value is -1.92. The summed E-state index contributed by atoms with van der Waals surface area (Å²) in [5, 5.41) is 6.54. The minimum atomic E-state index is -3.21. The number of sulfone groups is 1. The van der Waals surface area contributed by atoms with Crippen LogP contribution in [0.5, 0.6) is 0 Å². The van der Waals surface area contributed by atoms with E-state index in [0.717, 1.165) is 42.2 Å². The molecule has 0 amide bonds. The summed E-state index contributed by atoms with van der Waals surface area (Å²) < 4.78 is 29.1. The number of anilines is 1. The molecule has 0 bridgehead atoms. The van der Waals surface area contributed by atoms with Crippen LogP contribution in [-0.2, 0) is 27.7 Å². The van der Waals surface area contributed by atoms with Crippen LogP contribution in [0, 0.1) is 6.92 Å².